The van der Waals surface area contributed by atoms with Crippen molar-refractivity contribution in [1.82, 2.24) is 0 Å². The van der Waals surface area contributed by atoms with E-state index in [1.54, 1.807) is 35.6 Å². The van der Waals surface area contributed by atoms with Crippen LogP contribution in [0.5, 0.6) is 0 Å². The molecule has 1 aromatic heterocycles. The number of rotatable bonds is 4. The molecule has 1 N–H and O–H groups in total. The minimum absolute atomic E-state index is 0.00348. The Morgan fingerprint density at radius 2 is 1.57 bits per heavy atom. The fourth-order valence-electron chi connectivity index (χ4n) is 3.17. The molecule has 3 aromatic carbocycles. The molecule has 0 aliphatic heterocycles. The third-order valence-electron chi connectivity index (χ3n) is 4.75. The van der Waals surface area contributed by atoms with Gasteiger partial charge in [-0.05, 0) is 72.8 Å². The SMILES string of the molecule is CC(=O)c1ccc(NC(=O)c2cc(-c3ccc(C)cc3)c3ccsc3c2)cc1. The molecule has 0 saturated carbocycles. The number of thiophene rings is 1. The Kier molecular flexibility index (Phi) is 4.80. The van der Waals surface area contributed by atoms with Crippen molar-refractivity contribution < 1.29 is 9.59 Å². The van der Waals surface area contributed by atoms with Gasteiger partial charge in [-0.15, -0.1) is 11.3 Å². The monoisotopic (exact) mass is 385 g/mol. The zero-order valence-electron chi connectivity index (χ0n) is 15.7. The second-order valence-electron chi connectivity index (χ2n) is 6.81. The van der Waals surface area contributed by atoms with E-state index < -0.39 is 0 Å². The Balaban J connectivity index is 1.69. The van der Waals surface area contributed by atoms with Crippen LogP contribution in [0.4, 0.5) is 5.69 Å². The summed E-state index contributed by atoms with van der Waals surface area (Å²) in [5.41, 5.74) is 5.25. The second-order valence-corrected chi connectivity index (χ2v) is 7.76. The first-order valence-electron chi connectivity index (χ1n) is 9.02. The third kappa shape index (κ3) is 3.59. The average molecular weight is 385 g/mol. The molecule has 0 saturated heterocycles. The summed E-state index contributed by atoms with van der Waals surface area (Å²) in [6.45, 7) is 3.58. The van der Waals surface area contributed by atoms with E-state index in [-0.39, 0.29) is 11.7 Å². The van der Waals surface area contributed by atoms with Crippen molar-refractivity contribution in [3.05, 3.63) is 88.8 Å². The average Bonchev–Trinajstić information content (AvgIpc) is 3.17. The van der Waals surface area contributed by atoms with Crippen molar-refractivity contribution in [3.8, 4) is 11.1 Å². The van der Waals surface area contributed by atoms with E-state index in [4.69, 9.17) is 0 Å². The normalized spacial score (nSPS) is 10.8. The van der Waals surface area contributed by atoms with E-state index in [1.807, 2.05) is 17.5 Å². The summed E-state index contributed by atoms with van der Waals surface area (Å²) in [6.07, 6.45) is 0. The standard InChI is InChI=1S/C24H19NO2S/c1-15-3-5-18(6-4-15)22-13-19(14-23-21(22)11-12-28-23)24(27)25-20-9-7-17(8-10-20)16(2)26/h3-14H,1-2H3,(H,25,27). The number of ketones is 1. The first kappa shape index (κ1) is 18.1. The molecule has 0 bridgehead atoms. The molecule has 1 amide bonds. The maximum atomic E-state index is 12.9. The summed E-state index contributed by atoms with van der Waals surface area (Å²) < 4.78 is 1.08. The number of carbonyl (C=O) groups is 2. The van der Waals surface area contributed by atoms with Gasteiger partial charge in [0.25, 0.3) is 5.91 Å². The highest BCUT2D eigenvalue weighted by molar-refractivity contribution is 7.17. The number of hydrogen-bond donors (Lipinski definition) is 1. The van der Waals surface area contributed by atoms with E-state index in [2.05, 4.69) is 42.6 Å². The van der Waals surface area contributed by atoms with Gasteiger partial charge in [-0.3, -0.25) is 9.59 Å². The maximum Gasteiger partial charge on any atom is 0.255 e. The fraction of sp³-hybridized carbons (Fsp3) is 0.0833. The van der Waals surface area contributed by atoms with Gasteiger partial charge in [0.15, 0.2) is 5.78 Å². The number of fused-ring (bicyclic) bond motifs is 1. The summed E-state index contributed by atoms with van der Waals surface area (Å²) in [7, 11) is 0. The predicted octanol–water partition coefficient (Wildman–Crippen LogP) is 6.33. The maximum absolute atomic E-state index is 12.9. The topological polar surface area (TPSA) is 46.2 Å². The van der Waals surface area contributed by atoms with Crippen molar-refractivity contribution in [3.63, 3.8) is 0 Å². The summed E-state index contributed by atoms with van der Waals surface area (Å²) in [5.74, 6) is -0.164. The lowest BCUT2D eigenvalue weighted by atomic mass is 9.98. The van der Waals surface area contributed by atoms with Crippen molar-refractivity contribution in [2.45, 2.75) is 13.8 Å². The van der Waals surface area contributed by atoms with E-state index in [1.165, 1.54) is 12.5 Å². The highest BCUT2D eigenvalue weighted by Crippen LogP contribution is 2.33. The van der Waals surface area contributed by atoms with Crippen molar-refractivity contribution in [2.24, 2.45) is 0 Å². The van der Waals surface area contributed by atoms with Gasteiger partial charge in [-0.25, -0.2) is 0 Å². The molecule has 1 heterocycles. The molecule has 0 aliphatic rings. The molecule has 0 aliphatic carbocycles. The lowest BCUT2D eigenvalue weighted by Gasteiger charge is -2.10. The smallest absolute Gasteiger partial charge is 0.255 e. The van der Waals surface area contributed by atoms with E-state index >= 15 is 0 Å². The molecule has 0 atom stereocenters. The van der Waals surface area contributed by atoms with E-state index in [0.717, 1.165) is 21.2 Å². The Morgan fingerprint density at radius 1 is 0.857 bits per heavy atom. The molecule has 4 heteroatoms. The Bertz CT molecular complexity index is 1170. The lowest BCUT2D eigenvalue weighted by molar-refractivity contribution is 0.101. The number of hydrogen-bond acceptors (Lipinski definition) is 3. The quantitative estimate of drug-likeness (QED) is 0.417. The van der Waals surface area contributed by atoms with Gasteiger partial charge in [-0.1, -0.05) is 29.8 Å². The number of Topliss-reactive ketones (excluding diaryl/α,β-unsaturated/α-hetero) is 1. The number of carbonyl (C=O) groups excluding carboxylic acids is 2. The van der Waals surface area contributed by atoms with Crippen molar-refractivity contribution in [1.29, 1.82) is 0 Å². The minimum Gasteiger partial charge on any atom is -0.322 e. The van der Waals surface area contributed by atoms with E-state index in [0.29, 0.717) is 16.8 Å². The molecule has 3 nitrogen and oxygen atoms in total. The van der Waals surface area contributed by atoms with Gasteiger partial charge >= 0.3 is 0 Å². The Labute approximate surface area is 167 Å². The lowest BCUT2D eigenvalue weighted by Crippen LogP contribution is -2.12. The zero-order chi connectivity index (χ0) is 19.7. The Hall–Kier alpha value is -3.24. The van der Waals surface area contributed by atoms with Crippen LogP contribution in [0, 0.1) is 6.92 Å². The number of anilines is 1. The summed E-state index contributed by atoms with van der Waals surface area (Å²) in [5, 5.41) is 6.12. The summed E-state index contributed by atoms with van der Waals surface area (Å²) >= 11 is 1.62. The van der Waals surface area contributed by atoms with Gasteiger partial charge < -0.3 is 5.32 Å². The molecule has 0 fully saturated rings. The van der Waals surface area contributed by atoms with Crippen LogP contribution in [-0.4, -0.2) is 11.7 Å². The predicted molar refractivity (Wildman–Crippen MR) is 116 cm³/mol. The molecule has 0 radical (unpaired) electrons. The van der Waals surface area contributed by atoms with Gasteiger partial charge in [0.2, 0.25) is 0 Å². The highest BCUT2D eigenvalue weighted by Gasteiger charge is 2.13. The summed E-state index contributed by atoms with van der Waals surface area (Å²) in [6, 6.07) is 21.2. The minimum atomic E-state index is -0.167. The highest BCUT2D eigenvalue weighted by atomic mass is 32.1. The second kappa shape index (κ2) is 7.41. The molecule has 4 rings (SSSR count). The van der Waals surface area contributed by atoms with Crippen molar-refractivity contribution in [2.75, 3.05) is 5.32 Å². The Morgan fingerprint density at radius 3 is 2.25 bits per heavy atom. The first-order valence-corrected chi connectivity index (χ1v) is 9.90. The van der Waals surface area contributed by atoms with Crippen LogP contribution in [0.15, 0.2) is 72.1 Å². The fourth-order valence-corrected chi connectivity index (χ4v) is 4.02. The van der Waals surface area contributed by atoms with E-state index in [9.17, 15) is 9.59 Å². The van der Waals surface area contributed by atoms with Crippen LogP contribution in [0.1, 0.15) is 33.2 Å². The van der Waals surface area contributed by atoms with Crippen LogP contribution in [0.2, 0.25) is 0 Å². The molecule has 0 unspecified atom stereocenters. The van der Waals surface area contributed by atoms with Gasteiger partial charge in [0, 0.05) is 26.9 Å². The molecular weight excluding hydrogens is 366 g/mol. The number of nitrogens with one attached hydrogen (secondary N) is 1. The van der Waals surface area contributed by atoms with Gasteiger partial charge in [-0.2, -0.15) is 0 Å². The first-order chi connectivity index (χ1) is 13.5. The summed E-state index contributed by atoms with van der Waals surface area (Å²) in [4.78, 5) is 24.3. The molecule has 138 valence electrons. The molecule has 28 heavy (non-hydrogen) atoms. The van der Waals surface area contributed by atoms with Crippen LogP contribution >= 0.6 is 11.3 Å². The zero-order valence-corrected chi connectivity index (χ0v) is 16.5. The number of benzene rings is 3. The molecule has 0 spiro atoms. The van der Waals surface area contributed by atoms with Crippen LogP contribution in [0.3, 0.4) is 0 Å². The molecular formula is C24H19NO2S. The van der Waals surface area contributed by atoms with Crippen LogP contribution in [-0.2, 0) is 0 Å². The number of amides is 1. The van der Waals surface area contributed by atoms with Gasteiger partial charge in [0.05, 0.1) is 0 Å². The van der Waals surface area contributed by atoms with Crippen molar-refractivity contribution >= 4 is 38.8 Å². The van der Waals surface area contributed by atoms with Crippen LogP contribution in [0.25, 0.3) is 21.2 Å². The largest absolute Gasteiger partial charge is 0.322 e. The molecule has 4 aromatic rings. The number of aryl methyl sites for hydroxylation is 1. The van der Waals surface area contributed by atoms with Crippen LogP contribution < -0.4 is 5.32 Å². The third-order valence-corrected chi connectivity index (χ3v) is 5.61. The van der Waals surface area contributed by atoms with Gasteiger partial charge in [0.1, 0.15) is 0 Å².